The van der Waals surface area contributed by atoms with Crippen LogP contribution in [0.3, 0.4) is 0 Å². The molecular weight excluding hydrogens is 316 g/mol. The number of amides is 2. The summed E-state index contributed by atoms with van der Waals surface area (Å²) in [4.78, 5) is 14.9. The number of carbonyl (C=O) groups is 1. The second-order valence-electron chi connectivity index (χ2n) is 6.98. The molecule has 0 saturated heterocycles. The van der Waals surface area contributed by atoms with E-state index in [4.69, 9.17) is 4.42 Å². The van der Waals surface area contributed by atoms with Crippen molar-refractivity contribution in [2.75, 3.05) is 0 Å². The fourth-order valence-corrected chi connectivity index (χ4v) is 3.68. The zero-order chi connectivity index (χ0) is 17.8. The van der Waals surface area contributed by atoms with Crippen LogP contribution in [0.4, 0.5) is 4.79 Å². The number of rotatable bonds is 5. The van der Waals surface area contributed by atoms with Crippen molar-refractivity contribution in [2.24, 2.45) is 7.05 Å². The molecule has 0 bridgehead atoms. The molecule has 1 N–H and O–H groups in total. The minimum absolute atomic E-state index is 0.00393. The molecule has 0 aliphatic heterocycles. The van der Waals surface area contributed by atoms with Crippen molar-refractivity contribution in [1.29, 1.82) is 0 Å². The van der Waals surface area contributed by atoms with Crippen LogP contribution >= 0.6 is 0 Å². The van der Waals surface area contributed by atoms with E-state index in [1.54, 1.807) is 12.5 Å². The van der Waals surface area contributed by atoms with Crippen LogP contribution in [-0.2, 0) is 20.1 Å². The first-order valence-corrected chi connectivity index (χ1v) is 9.11. The maximum Gasteiger partial charge on any atom is 0.318 e. The minimum Gasteiger partial charge on any atom is -0.472 e. The van der Waals surface area contributed by atoms with E-state index < -0.39 is 0 Å². The summed E-state index contributed by atoms with van der Waals surface area (Å²) in [5.74, 6) is 0. The van der Waals surface area contributed by atoms with Crippen molar-refractivity contribution in [3.05, 3.63) is 41.1 Å². The standard InChI is InChI=1S/C19H28N4O2/c1-14-18(15(2)22(3)21-14)11-20-19(24)23(12-16-9-10-25-13-16)17-7-5-4-6-8-17/h9-10,13,17H,4-8,11-12H2,1-3H3,(H,20,24). The summed E-state index contributed by atoms with van der Waals surface area (Å²) in [7, 11) is 1.93. The Bertz CT molecular complexity index is 699. The molecule has 2 aromatic heterocycles. The Labute approximate surface area is 149 Å². The third kappa shape index (κ3) is 4.06. The summed E-state index contributed by atoms with van der Waals surface area (Å²) in [5.41, 5.74) is 4.20. The molecule has 6 nitrogen and oxygen atoms in total. The van der Waals surface area contributed by atoms with E-state index in [1.807, 2.05) is 36.5 Å². The van der Waals surface area contributed by atoms with Gasteiger partial charge in [0.1, 0.15) is 0 Å². The number of aromatic nitrogens is 2. The summed E-state index contributed by atoms with van der Waals surface area (Å²) < 4.78 is 7.04. The largest absolute Gasteiger partial charge is 0.472 e. The molecule has 6 heteroatoms. The smallest absolute Gasteiger partial charge is 0.318 e. The van der Waals surface area contributed by atoms with E-state index in [0.29, 0.717) is 19.1 Å². The van der Waals surface area contributed by atoms with Crippen molar-refractivity contribution in [3.63, 3.8) is 0 Å². The molecule has 2 aromatic rings. The van der Waals surface area contributed by atoms with Gasteiger partial charge in [-0.15, -0.1) is 0 Å². The monoisotopic (exact) mass is 344 g/mol. The van der Waals surface area contributed by atoms with Gasteiger partial charge in [0.15, 0.2) is 0 Å². The van der Waals surface area contributed by atoms with Gasteiger partial charge in [-0.3, -0.25) is 4.68 Å². The van der Waals surface area contributed by atoms with E-state index in [2.05, 4.69) is 10.4 Å². The molecule has 1 saturated carbocycles. The van der Waals surface area contributed by atoms with Crippen molar-refractivity contribution < 1.29 is 9.21 Å². The van der Waals surface area contributed by atoms with E-state index in [9.17, 15) is 4.79 Å². The molecule has 0 radical (unpaired) electrons. The van der Waals surface area contributed by atoms with Crippen molar-refractivity contribution in [2.45, 2.75) is 65.1 Å². The average molecular weight is 344 g/mol. The van der Waals surface area contributed by atoms with Crippen molar-refractivity contribution in [3.8, 4) is 0 Å². The molecule has 0 aromatic carbocycles. The first-order valence-electron chi connectivity index (χ1n) is 9.11. The number of nitrogens with zero attached hydrogens (tertiary/aromatic N) is 3. The average Bonchev–Trinajstić information content (AvgIpc) is 3.21. The number of urea groups is 1. The van der Waals surface area contributed by atoms with Gasteiger partial charge in [0.25, 0.3) is 0 Å². The summed E-state index contributed by atoms with van der Waals surface area (Å²) in [6.45, 7) is 5.13. The molecule has 0 spiro atoms. The van der Waals surface area contributed by atoms with Crippen LogP contribution in [-0.4, -0.2) is 26.8 Å². The molecule has 136 valence electrons. The fraction of sp³-hybridized carbons (Fsp3) is 0.579. The van der Waals surface area contributed by atoms with Crippen LogP contribution in [0.1, 0.15) is 54.6 Å². The number of hydrogen-bond acceptors (Lipinski definition) is 3. The van der Waals surface area contributed by atoms with Crippen molar-refractivity contribution in [1.82, 2.24) is 20.0 Å². The van der Waals surface area contributed by atoms with Crippen LogP contribution in [0.5, 0.6) is 0 Å². The predicted molar refractivity (Wildman–Crippen MR) is 96.0 cm³/mol. The number of aryl methyl sites for hydroxylation is 2. The van der Waals surface area contributed by atoms with Gasteiger partial charge in [-0.2, -0.15) is 5.10 Å². The van der Waals surface area contributed by atoms with E-state index >= 15 is 0 Å². The van der Waals surface area contributed by atoms with E-state index in [0.717, 1.165) is 35.4 Å². The molecule has 1 aliphatic carbocycles. The molecule has 3 rings (SSSR count). The summed E-state index contributed by atoms with van der Waals surface area (Å²) in [6, 6.07) is 2.23. The third-order valence-electron chi connectivity index (χ3n) is 5.28. The highest BCUT2D eigenvalue weighted by Gasteiger charge is 2.26. The van der Waals surface area contributed by atoms with Gasteiger partial charge >= 0.3 is 6.03 Å². The lowest BCUT2D eigenvalue weighted by Crippen LogP contribution is -2.46. The highest BCUT2D eigenvalue weighted by atomic mass is 16.3. The molecular formula is C19H28N4O2. The topological polar surface area (TPSA) is 63.3 Å². The lowest BCUT2D eigenvalue weighted by molar-refractivity contribution is 0.150. The molecule has 0 unspecified atom stereocenters. The van der Waals surface area contributed by atoms with Gasteiger partial charge < -0.3 is 14.6 Å². The molecule has 0 atom stereocenters. The second kappa shape index (κ2) is 7.76. The SMILES string of the molecule is Cc1nn(C)c(C)c1CNC(=O)N(Cc1ccoc1)C1CCCCC1. The van der Waals surface area contributed by atoms with Crippen LogP contribution in [0.15, 0.2) is 23.0 Å². The van der Waals surface area contributed by atoms with E-state index in [-0.39, 0.29) is 6.03 Å². The molecule has 1 aliphatic rings. The third-order valence-corrected chi connectivity index (χ3v) is 5.28. The number of furan rings is 1. The fourth-order valence-electron chi connectivity index (χ4n) is 3.68. The highest BCUT2D eigenvalue weighted by Crippen LogP contribution is 2.24. The Hall–Kier alpha value is -2.24. The van der Waals surface area contributed by atoms with Crippen molar-refractivity contribution >= 4 is 6.03 Å². The number of carbonyl (C=O) groups excluding carboxylic acids is 1. The normalized spacial score (nSPS) is 15.3. The van der Waals surface area contributed by atoms with Gasteiger partial charge in [-0.1, -0.05) is 19.3 Å². The summed E-state index contributed by atoms with van der Waals surface area (Å²) in [5, 5.41) is 7.53. The predicted octanol–water partition coefficient (Wildman–Crippen LogP) is 3.67. The molecule has 2 amide bonds. The number of hydrogen-bond donors (Lipinski definition) is 1. The lowest BCUT2D eigenvalue weighted by Gasteiger charge is -2.34. The quantitative estimate of drug-likeness (QED) is 0.900. The maximum absolute atomic E-state index is 12.9. The Morgan fingerprint density at radius 1 is 1.36 bits per heavy atom. The van der Waals surface area contributed by atoms with Gasteiger partial charge in [0, 0.05) is 36.5 Å². The van der Waals surface area contributed by atoms with E-state index in [1.165, 1.54) is 19.3 Å². The van der Waals surface area contributed by atoms with Crippen LogP contribution in [0, 0.1) is 13.8 Å². The van der Waals surface area contributed by atoms with Crippen LogP contribution in [0.25, 0.3) is 0 Å². The van der Waals surface area contributed by atoms with Gasteiger partial charge in [-0.25, -0.2) is 4.79 Å². The van der Waals surface area contributed by atoms with Gasteiger partial charge in [0.05, 0.1) is 24.8 Å². The Morgan fingerprint density at radius 3 is 2.72 bits per heavy atom. The minimum atomic E-state index is -0.00393. The molecule has 1 fully saturated rings. The Balaban J connectivity index is 1.69. The Morgan fingerprint density at radius 2 is 2.12 bits per heavy atom. The zero-order valence-corrected chi connectivity index (χ0v) is 15.4. The highest BCUT2D eigenvalue weighted by molar-refractivity contribution is 5.74. The summed E-state index contributed by atoms with van der Waals surface area (Å²) >= 11 is 0. The lowest BCUT2D eigenvalue weighted by atomic mass is 9.94. The second-order valence-corrected chi connectivity index (χ2v) is 6.98. The maximum atomic E-state index is 12.9. The Kier molecular flexibility index (Phi) is 5.46. The molecule has 25 heavy (non-hydrogen) atoms. The first-order chi connectivity index (χ1) is 12.1. The van der Waals surface area contributed by atoms with Crippen LogP contribution < -0.4 is 5.32 Å². The summed E-state index contributed by atoms with van der Waals surface area (Å²) in [6.07, 6.45) is 9.20. The first kappa shape index (κ1) is 17.6. The van der Waals surface area contributed by atoms with Crippen LogP contribution in [0.2, 0.25) is 0 Å². The number of nitrogens with one attached hydrogen (secondary N) is 1. The van der Waals surface area contributed by atoms with Gasteiger partial charge in [0.2, 0.25) is 0 Å². The van der Waals surface area contributed by atoms with Gasteiger partial charge in [-0.05, 0) is 32.8 Å². The zero-order valence-electron chi connectivity index (χ0n) is 15.4. The molecule has 2 heterocycles.